The fourth-order valence-electron chi connectivity index (χ4n) is 2.72. The summed E-state index contributed by atoms with van der Waals surface area (Å²) in [6, 6.07) is 7.49. The average Bonchev–Trinajstić information content (AvgIpc) is 2.39. The van der Waals surface area contributed by atoms with Crippen LogP contribution in [0.25, 0.3) is 0 Å². The summed E-state index contributed by atoms with van der Waals surface area (Å²) in [5, 5.41) is 3.46. The molecular weight excluding hydrogens is 242 g/mol. The number of amidine groups is 1. The Morgan fingerprint density at radius 1 is 1.32 bits per heavy atom. The van der Waals surface area contributed by atoms with Gasteiger partial charge in [-0.15, -0.1) is 0 Å². The Kier molecular flexibility index (Phi) is 2.58. The Hall–Kier alpha value is -2.24. The van der Waals surface area contributed by atoms with E-state index in [9.17, 15) is 4.79 Å². The fourth-order valence-corrected chi connectivity index (χ4v) is 2.72. The molecule has 1 aromatic carbocycles. The van der Waals surface area contributed by atoms with Gasteiger partial charge in [-0.2, -0.15) is 0 Å². The molecule has 0 bridgehead atoms. The van der Waals surface area contributed by atoms with Crippen molar-refractivity contribution < 1.29 is 4.79 Å². The number of hydrogen-bond donors (Lipinski definition) is 3. The number of nitrogens with one attached hydrogen (secondary N) is 1. The predicted molar refractivity (Wildman–Crippen MR) is 73.9 cm³/mol. The number of aliphatic imine (C=N–C) groups is 1. The van der Waals surface area contributed by atoms with Gasteiger partial charge in [0.25, 0.3) is 0 Å². The van der Waals surface area contributed by atoms with Gasteiger partial charge in [0.15, 0.2) is 0 Å². The third-order valence-corrected chi connectivity index (χ3v) is 3.81. The third kappa shape index (κ3) is 1.99. The van der Waals surface area contributed by atoms with Crippen LogP contribution in [0.1, 0.15) is 18.4 Å². The molecule has 0 radical (unpaired) electrons. The molecule has 0 aliphatic carbocycles. The van der Waals surface area contributed by atoms with Crippen molar-refractivity contribution >= 4 is 17.6 Å². The van der Waals surface area contributed by atoms with E-state index >= 15 is 0 Å². The van der Waals surface area contributed by atoms with Crippen LogP contribution in [-0.4, -0.2) is 35.5 Å². The van der Waals surface area contributed by atoms with Crippen LogP contribution in [0.4, 0.5) is 10.5 Å². The maximum Gasteiger partial charge on any atom is 0.314 e. The molecule has 0 unspecified atom stereocenters. The number of fused-ring (bicyclic) bond motifs is 1. The second kappa shape index (κ2) is 4.15. The molecule has 0 saturated carbocycles. The molecule has 0 aromatic heterocycles. The molecule has 1 spiro atoms. The summed E-state index contributed by atoms with van der Waals surface area (Å²) >= 11 is 0. The minimum Gasteiger partial charge on any atom is -0.383 e. The van der Waals surface area contributed by atoms with Gasteiger partial charge in [0, 0.05) is 37.2 Å². The number of nitrogens with zero attached hydrogens (tertiary/aromatic N) is 2. The number of carbonyl (C=O) groups is 1. The van der Waals surface area contributed by atoms with Gasteiger partial charge in [-0.1, -0.05) is 12.1 Å². The molecule has 1 saturated heterocycles. The molecule has 2 heterocycles. The standard InChI is InChI=1S/C13H17N5O/c14-11-9-3-1-2-4-10(9)16-13(17-11)5-7-18(8-6-13)12(15)19/h1-4,16H,5-8H2,(H2,14,17)(H2,15,19). The molecule has 1 aromatic rings. The minimum absolute atomic E-state index is 0.372. The quantitative estimate of drug-likeness (QED) is 0.639. The average molecular weight is 259 g/mol. The van der Waals surface area contributed by atoms with Crippen LogP contribution < -0.4 is 16.8 Å². The highest BCUT2D eigenvalue weighted by Crippen LogP contribution is 2.33. The lowest BCUT2D eigenvalue weighted by Gasteiger charge is -2.42. The third-order valence-electron chi connectivity index (χ3n) is 3.81. The van der Waals surface area contributed by atoms with Crippen LogP contribution in [0.3, 0.4) is 0 Å². The molecular formula is C13H17N5O. The van der Waals surface area contributed by atoms with Gasteiger partial charge in [-0.05, 0) is 12.1 Å². The van der Waals surface area contributed by atoms with Crippen molar-refractivity contribution in [2.24, 2.45) is 16.5 Å². The van der Waals surface area contributed by atoms with E-state index in [-0.39, 0.29) is 6.03 Å². The first-order valence-corrected chi connectivity index (χ1v) is 6.37. The van der Waals surface area contributed by atoms with E-state index in [1.807, 2.05) is 24.3 Å². The molecule has 100 valence electrons. The number of anilines is 1. The number of carbonyl (C=O) groups excluding carboxylic acids is 1. The molecule has 6 nitrogen and oxygen atoms in total. The van der Waals surface area contributed by atoms with E-state index < -0.39 is 5.66 Å². The van der Waals surface area contributed by atoms with Crippen LogP contribution in [0, 0.1) is 0 Å². The number of urea groups is 1. The molecule has 2 aliphatic heterocycles. The Morgan fingerprint density at radius 2 is 2.00 bits per heavy atom. The number of para-hydroxylation sites is 1. The van der Waals surface area contributed by atoms with Crippen molar-refractivity contribution in [1.82, 2.24) is 4.90 Å². The number of nitrogens with two attached hydrogens (primary N) is 2. The van der Waals surface area contributed by atoms with E-state index in [4.69, 9.17) is 11.5 Å². The molecule has 2 aliphatic rings. The minimum atomic E-state index is -0.398. The Bertz CT molecular complexity index is 546. The number of primary amides is 1. The van der Waals surface area contributed by atoms with Crippen LogP contribution in [0.5, 0.6) is 0 Å². The molecule has 1 fully saturated rings. The van der Waals surface area contributed by atoms with E-state index in [0.717, 1.165) is 11.3 Å². The van der Waals surface area contributed by atoms with Crippen molar-refractivity contribution in [2.75, 3.05) is 18.4 Å². The highest BCUT2D eigenvalue weighted by molar-refractivity contribution is 6.04. The van der Waals surface area contributed by atoms with Gasteiger partial charge >= 0.3 is 6.03 Å². The van der Waals surface area contributed by atoms with Gasteiger partial charge < -0.3 is 21.7 Å². The van der Waals surface area contributed by atoms with E-state index in [2.05, 4.69) is 10.3 Å². The van der Waals surface area contributed by atoms with Crippen LogP contribution in [0.2, 0.25) is 0 Å². The first-order chi connectivity index (χ1) is 9.10. The summed E-state index contributed by atoms with van der Waals surface area (Å²) in [6.07, 6.45) is 1.43. The summed E-state index contributed by atoms with van der Waals surface area (Å²) in [4.78, 5) is 17.4. The van der Waals surface area contributed by atoms with Crippen LogP contribution in [0.15, 0.2) is 29.3 Å². The summed E-state index contributed by atoms with van der Waals surface area (Å²) in [5.41, 5.74) is 12.9. The first kappa shape index (κ1) is 11.8. The zero-order valence-corrected chi connectivity index (χ0v) is 10.6. The lowest BCUT2D eigenvalue weighted by molar-refractivity contribution is 0.175. The zero-order valence-electron chi connectivity index (χ0n) is 10.6. The molecule has 3 rings (SSSR count). The molecule has 2 amide bonds. The highest BCUT2D eigenvalue weighted by atomic mass is 16.2. The Morgan fingerprint density at radius 3 is 2.68 bits per heavy atom. The second-order valence-corrected chi connectivity index (χ2v) is 5.02. The number of piperidine rings is 1. The normalized spacial score (nSPS) is 20.4. The highest BCUT2D eigenvalue weighted by Gasteiger charge is 2.38. The SMILES string of the molecule is NC(=O)N1CCC2(CC1)N=C(N)c1ccccc1N2. The van der Waals surface area contributed by atoms with Crippen molar-refractivity contribution in [3.05, 3.63) is 29.8 Å². The number of benzene rings is 1. The Labute approximate surface area is 111 Å². The monoisotopic (exact) mass is 259 g/mol. The van der Waals surface area contributed by atoms with Crippen molar-refractivity contribution in [2.45, 2.75) is 18.5 Å². The Balaban J connectivity index is 1.86. The first-order valence-electron chi connectivity index (χ1n) is 6.37. The molecule has 5 N–H and O–H groups in total. The maximum atomic E-state index is 11.2. The second-order valence-electron chi connectivity index (χ2n) is 5.02. The van der Waals surface area contributed by atoms with E-state index in [1.165, 1.54) is 0 Å². The van der Waals surface area contributed by atoms with Crippen molar-refractivity contribution in [3.63, 3.8) is 0 Å². The number of hydrogen-bond acceptors (Lipinski definition) is 4. The summed E-state index contributed by atoms with van der Waals surface area (Å²) in [5.74, 6) is 0.557. The van der Waals surface area contributed by atoms with Gasteiger partial charge in [-0.3, -0.25) is 0 Å². The largest absolute Gasteiger partial charge is 0.383 e. The van der Waals surface area contributed by atoms with Gasteiger partial charge in [0.2, 0.25) is 0 Å². The number of likely N-dealkylation sites (tertiary alicyclic amines) is 1. The van der Waals surface area contributed by atoms with Gasteiger partial charge in [0.05, 0.1) is 0 Å². The predicted octanol–water partition coefficient (Wildman–Crippen LogP) is 0.688. The van der Waals surface area contributed by atoms with Gasteiger partial charge in [0.1, 0.15) is 11.5 Å². The number of amides is 2. The van der Waals surface area contributed by atoms with Crippen LogP contribution >= 0.6 is 0 Å². The fraction of sp³-hybridized carbons (Fsp3) is 0.385. The van der Waals surface area contributed by atoms with Crippen molar-refractivity contribution in [1.29, 1.82) is 0 Å². The molecule has 6 heteroatoms. The maximum absolute atomic E-state index is 11.2. The summed E-state index contributed by atoms with van der Waals surface area (Å²) < 4.78 is 0. The van der Waals surface area contributed by atoms with Gasteiger partial charge in [-0.25, -0.2) is 9.79 Å². The summed E-state index contributed by atoms with van der Waals surface area (Å²) in [6.45, 7) is 1.20. The zero-order chi connectivity index (χ0) is 13.5. The van der Waals surface area contributed by atoms with Crippen molar-refractivity contribution in [3.8, 4) is 0 Å². The molecule has 19 heavy (non-hydrogen) atoms. The van der Waals surface area contributed by atoms with Crippen LogP contribution in [-0.2, 0) is 0 Å². The van der Waals surface area contributed by atoms with E-state index in [0.29, 0.717) is 31.8 Å². The molecule has 0 atom stereocenters. The lowest BCUT2D eigenvalue weighted by Crippen LogP contribution is -2.53. The summed E-state index contributed by atoms with van der Waals surface area (Å²) in [7, 11) is 0. The number of rotatable bonds is 0. The lowest BCUT2D eigenvalue weighted by atomic mass is 9.94. The topological polar surface area (TPSA) is 96.7 Å². The van der Waals surface area contributed by atoms with E-state index in [1.54, 1.807) is 4.90 Å². The smallest absolute Gasteiger partial charge is 0.314 e.